The third-order valence-corrected chi connectivity index (χ3v) is 7.23. The molecular weight excluding hydrogens is 476 g/mol. The summed E-state index contributed by atoms with van der Waals surface area (Å²) in [6.07, 6.45) is 6.28. The zero-order valence-corrected chi connectivity index (χ0v) is 21.3. The number of hydrogen-bond acceptors (Lipinski definition) is 7. The minimum atomic E-state index is -1.14. The van der Waals surface area contributed by atoms with Gasteiger partial charge in [0.25, 0.3) is 0 Å². The number of nitrogens with one attached hydrogen (secondary N) is 3. The summed E-state index contributed by atoms with van der Waals surface area (Å²) < 4.78 is 1.75. The number of rotatable bonds is 10. The second kappa shape index (κ2) is 10.7. The molecule has 36 heavy (non-hydrogen) atoms. The Morgan fingerprint density at radius 2 is 2.08 bits per heavy atom. The average molecular weight is 509 g/mol. The lowest BCUT2D eigenvalue weighted by molar-refractivity contribution is -0.129. The summed E-state index contributed by atoms with van der Waals surface area (Å²) in [4.78, 5) is 42.9. The summed E-state index contributed by atoms with van der Waals surface area (Å²) in [5.41, 5.74) is 5.55. The predicted octanol–water partition coefficient (Wildman–Crippen LogP) is 2.04. The first-order valence-corrected chi connectivity index (χ1v) is 12.9. The maximum absolute atomic E-state index is 13.3. The van der Waals surface area contributed by atoms with Gasteiger partial charge in [-0.25, -0.2) is 4.98 Å². The molecule has 2 aromatic heterocycles. The van der Waals surface area contributed by atoms with Gasteiger partial charge >= 0.3 is 0 Å². The number of hydrogen-bond donors (Lipinski definition) is 4. The van der Waals surface area contributed by atoms with Crippen molar-refractivity contribution in [1.29, 1.82) is 0 Å². The fourth-order valence-corrected chi connectivity index (χ4v) is 5.19. The molecule has 1 fully saturated rings. The fraction of sp³-hybridized carbons (Fsp3) is 0.385. The van der Waals surface area contributed by atoms with Crippen molar-refractivity contribution >= 4 is 35.3 Å². The third-order valence-electron chi connectivity index (χ3n) is 6.50. The number of anilines is 1. The zero-order valence-electron chi connectivity index (χ0n) is 20.4. The van der Waals surface area contributed by atoms with Crippen molar-refractivity contribution < 1.29 is 14.4 Å². The van der Waals surface area contributed by atoms with E-state index in [1.165, 1.54) is 11.3 Å². The summed E-state index contributed by atoms with van der Waals surface area (Å²) in [7, 11) is 0. The number of imidazole rings is 1. The number of carbonyl (C=O) groups is 3. The molecule has 10 heteroatoms. The van der Waals surface area contributed by atoms with E-state index in [9.17, 15) is 14.4 Å². The molecule has 3 heterocycles. The van der Waals surface area contributed by atoms with Gasteiger partial charge in [-0.05, 0) is 61.2 Å². The van der Waals surface area contributed by atoms with E-state index < -0.39 is 28.9 Å². The normalized spacial score (nSPS) is 18.2. The average Bonchev–Trinajstić information content (AvgIpc) is 3.64. The first-order valence-electron chi connectivity index (χ1n) is 12.0. The van der Waals surface area contributed by atoms with Crippen LogP contribution >= 0.6 is 11.3 Å². The molecule has 1 aliphatic heterocycles. The molecule has 3 aromatic rings. The lowest BCUT2D eigenvalue weighted by atomic mass is 9.82. The van der Waals surface area contributed by atoms with E-state index in [0.717, 1.165) is 36.8 Å². The van der Waals surface area contributed by atoms with Crippen molar-refractivity contribution in [3.8, 4) is 0 Å². The van der Waals surface area contributed by atoms with Gasteiger partial charge < -0.3 is 31.0 Å². The van der Waals surface area contributed by atoms with Crippen LogP contribution in [0.1, 0.15) is 37.8 Å². The minimum Gasteiger partial charge on any atom is -0.342 e. The van der Waals surface area contributed by atoms with Crippen LogP contribution in [0.2, 0.25) is 0 Å². The van der Waals surface area contributed by atoms with Crippen molar-refractivity contribution in [2.75, 3.05) is 11.9 Å². The molecule has 1 aliphatic rings. The monoisotopic (exact) mass is 508 g/mol. The number of nitrogens with zero attached hydrogens (tertiary/aromatic N) is 2. The molecule has 9 nitrogen and oxygen atoms in total. The van der Waals surface area contributed by atoms with E-state index in [1.54, 1.807) is 30.9 Å². The van der Waals surface area contributed by atoms with Gasteiger partial charge in [0.1, 0.15) is 11.6 Å². The van der Waals surface area contributed by atoms with Crippen LogP contribution in [0, 0.1) is 0 Å². The number of carbonyl (C=O) groups excluding carboxylic acids is 3. The molecule has 0 spiro atoms. The van der Waals surface area contributed by atoms with Gasteiger partial charge in [0.05, 0.1) is 11.9 Å². The maximum Gasteiger partial charge on any atom is 0.248 e. The fourth-order valence-electron chi connectivity index (χ4n) is 4.51. The number of thiophene rings is 1. The lowest BCUT2D eigenvalue weighted by Crippen LogP contribution is -2.55. The van der Waals surface area contributed by atoms with Gasteiger partial charge in [-0.2, -0.15) is 11.3 Å². The van der Waals surface area contributed by atoms with Gasteiger partial charge in [-0.3, -0.25) is 9.59 Å². The Hall–Kier alpha value is -3.34. The van der Waals surface area contributed by atoms with E-state index in [4.69, 9.17) is 5.73 Å². The molecule has 0 bridgehead atoms. The summed E-state index contributed by atoms with van der Waals surface area (Å²) in [5.74, 6) is -0.559. The van der Waals surface area contributed by atoms with Crippen molar-refractivity contribution in [3.63, 3.8) is 0 Å². The number of aldehydes is 1. The van der Waals surface area contributed by atoms with E-state index in [-0.39, 0.29) is 11.9 Å². The molecule has 0 saturated carbocycles. The van der Waals surface area contributed by atoms with Crippen molar-refractivity contribution in [3.05, 3.63) is 70.8 Å². The maximum atomic E-state index is 13.3. The number of benzene rings is 1. The van der Waals surface area contributed by atoms with Gasteiger partial charge in [-0.15, -0.1) is 0 Å². The molecule has 190 valence electrons. The lowest BCUT2D eigenvalue weighted by Gasteiger charge is -2.36. The van der Waals surface area contributed by atoms with E-state index >= 15 is 0 Å². The highest BCUT2D eigenvalue weighted by Gasteiger charge is 2.43. The Morgan fingerprint density at radius 1 is 1.31 bits per heavy atom. The SMILES string of the molecule is CC(C)(N)C(=O)N[C@H](Cc1ccsc1)C(=O)Nc1cn(C(C=O)(c2ccccc2)C2CCCN2)cn1. The van der Waals surface area contributed by atoms with Crippen LogP contribution in [0.4, 0.5) is 5.82 Å². The highest BCUT2D eigenvalue weighted by atomic mass is 32.1. The van der Waals surface area contributed by atoms with Crippen LogP contribution in [-0.4, -0.2) is 51.8 Å². The van der Waals surface area contributed by atoms with Gasteiger partial charge in [0.15, 0.2) is 12.1 Å². The van der Waals surface area contributed by atoms with Crippen LogP contribution < -0.4 is 21.7 Å². The molecule has 0 radical (unpaired) electrons. The van der Waals surface area contributed by atoms with Crippen molar-refractivity contribution in [2.24, 2.45) is 5.73 Å². The van der Waals surface area contributed by atoms with Gasteiger partial charge in [-0.1, -0.05) is 30.3 Å². The molecule has 0 aliphatic carbocycles. The first kappa shape index (κ1) is 25.7. The van der Waals surface area contributed by atoms with Crippen LogP contribution in [-0.2, 0) is 26.3 Å². The minimum absolute atomic E-state index is 0.118. The Bertz CT molecular complexity index is 1180. The van der Waals surface area contributed by atoms with Crippen LogP contribution in [0.25, 0.3) is 0 Å². The highest BCUT2D eigenvalue weighted by Crippen LogP contribution is 2.33. The zero-order chi connectivity index (χ0) is 25.8. The summed E-state index contributed by atoms with van der Waals surface area (Å²) in [6, 6.07) is 10.5. The Morgan fingerprint density at radius 3 is 2.69 bits per heavy atom. The third kappa shape index (κ3) is 5.40. The summed E-state index contributed by atoms with van der Waals surface area (Å²) in [6.45, 7) is 4.00. The van der Waals surface area contributed by atoms with Crippen molar-refractivity contribution in [2.45, 2.75) is 56.3 Å². The van der Waals surface area contributed by atoms with Crippen molar-refractivity contribution in [1.82, 2.24) is 20.2 Å². The van der Waals surface area contributed by atoms with Gasteiger partial charge in [0.2, 0.25) is 11.8 Å². The quantitative estimate of drug-likeness (QED) is 0.310. The molecule has 3 atom stereocenters. The molecule has 4 rings (SSSR count). The molecule has 2 amide bonds. The van der Waals surface area contributed by atoms with E-state index in [1.807, 2.05) is 47.2 Å². The molecule has 1 aromatic carbocycles. The molecule has 5 N–H and O–H groups in total. The second-order valence-electron chi connectivity index (χ2n) is 9.70. The number of nitrogens with two attached hydrogens (primary N) is 1. The van der Waals surface area contributed by atoms with E-state index in [0.29, 0.717) is 6.42 Å². The Balaban J connectivity index is 1.60. The first-order chi connectivity index (χ1) is 17.2. The Kier molecular flexibility index (Phi) is 7.67. The molecule has 2 unspecified atom stereocenters. The number of aromatic nitrogens is 2. The largest absolute Gasteiger partial charge is 0.342 e. The molecule has 1 saturated heterocycles. The van der Waals surface area contributed by atoms with Crippen LogP contribution in [0.3, 0.4) is 0 Å². The van der Waals surface area contributed by atoms with Crippen LogP contribution in [0.15, 0.2) is 59.7 Å². The topological polar surface area (TPSA) is 131 Å². The Labute approximate surface area is 214 Å². The summed E-state index contributed by atoms with van der Waals surface area (Å²) >= 11 is 1.52. The van der Waals surface area contributed by atoms with Crippen LogP contribution in [0.5, 0.6) is 0 Å². The molecular formula is C26H32N6O3S. The summed E-state index contributed by atoms with van der Waals surface area (Å²) in [5, 5.41) is 12.9. The number of amides is 2. The van der Waals surface area contributed by atoms with E-state index in [2.05, 4.69) is 20.9 Å². The smallest absolute Gasteiger partial charge is 0.248 e. The second-order valence-corrected chi connectivity index (χ2v) is 10.5. The highest BCUT2D eigenvalue weighted by molar-refractivity contribution is 7.07. The van der Waals surface area contributed by atoms with Gasteiger partial charge in [0, 0.05) is 18.7 Å². The standard InChI is InChI=1S/C26H32N6O3S/c1-25(2,27)24(35)30-20(13-18-10-12-36-15-18)23(34)31-22-14-32(17-29-22)26(16-33,21-9-6-11-28-21)19-7-4-3-5-8-19/h3-5,7-8,10,12,14-17,20-21,28H,6,9,11,13,27H2,1-2H3,(H,30,35)(H,31,34)/t20-,21?,26?/m1/s1. The predicted molar refractivity (Wildman–Crippen MR) is 140 cm³/mol.